The first kappa shape index (κ1) is 13.4. The fourth-order valence-corrected chi connectivity index (χ4v) is 1.26. The van der Waals surface area contributed by atoms with Gasteiger partial charge in [-0.1, -0.05) is 0 Å². The predicted octanol–water partition coefficient (Wildman–Crippen LogP) is 0.935. The number of rotatable bonds is 6. The minimum atomic E-state index is -1.31. The molecule has 0 saturated heterocycles. The molecule has 0 aliphatic heterocycles. The molecule has 0 amide bonds. The van der Waals surface area contributed by atoms with Crippen LogP contribution in [0.3, 0.4) is 0 Å². The molecule has 0 spiro atoms. The molecule has 1 rings (SSSR count). The second kappa shape index (κ2) is 5.62. The third-order valence-corrected chi connectivity index (χ3v) is 2.10. The van der Waals surface area contributed by atoms with E-state index in [4.69, 9.17) is 10.2 Å². The summed E-state index contributed by atoms with van der Waals surface area (Å²) in [5.74, 6) is -2.56. The highest BCUT2D eigenvalue weighted by Gasteiger charge is 2.20. The second-order valence-corrected chi connectivity index (χ2v) is 3.44. The number of carboxylic acids is 2. The highest BCUT2D eigenvalue weighted by Crippen LogP contribution is 2.16. The smallest absolute Gasteiger partial charge is 0.326 e. The lowest BCUT2D eigenvalue weighted by atomic mass is 10.2. The largest absolute Gasteiger partial charge is 0.481 e. The fourth-order valence-electron chi connectivity index (χ4n) is 1.26. The molecule has 0 saturated carbocycles. The third kappa shape index (κ3) is 3.74. The van der Waals surface area contributed by atoms with E-state index in [0.717, 1.165) is 0 Å². The highest BCUT2D eigenvalue weighted by atomic mass is 16.6. The van der Waals surface area contributed by atoms with E-state index in [1.807, 2.05) is 0 Å². The predicted molar refractivity (Wildman–Crippen MR) is 60.4 cm³/mol. The van der Waals surface area contributed by atoms with Crippen molar-refractivity contribution in [2.24, 2.45) is 0 Å². The van der Waals surface area contributed by atoms with E-state index in [-0.39, 0.29) is 5.69 Å². The number of hydrogen-bond donors (Lipinski definition) is 3. The van der Waals surface area contributed by atoms with Gasteiger partial charge in [0.2, 0.25) is 0 Å². The molecule has 3 N–H and O–H groups in total. The van der Waals surface area contributed by atoms with Crippen LogP contribution in [0.2, 0.25) is 0 Å². The summed E-state index contributed by atoms with van der Waals surface area (Å²) in [7, 11) is 0. The SMILES string of the molecule is O=C(O)CC(Nc1ccc([N+](=O)[O-])cc1)C(=O)O. The van der Waals surface area contributed by atoms with Crippen molar-refractivity contribution in [3.05, 3.63) is 34.4 Å². The van der Waals surface area contributed by atoms with E-state index in [2.05, 4.69) is 5.32 Å². The molecule has 1 atom stereocenters. The third-order valence-electron chi connectivity index (χ3n) is 2.10. The maximum absolute atomic E-state index is 10.8. The molecule has 1 aromatic rings. The lowest BCUT2D eigenvalue weighted by Crippen LogP contribution is -2.31. The quantitative estimate of drug-likeness (QED) is 0.508. The Labute approximate surface area is 101 Å². The molecule has 18 heavy (non-hydrogen) atoms. The van der Waals surface area contributed by atoms with Crippen molar-refractivity contribution in [1.82, 2.24) is 0 Å². The van der Waals surface area contributed by atoms with E-state index in [1.165, 1.54) is 24.3 Å². The van der Waals surface area contributed by atoms with Gasteiger partial charge in [-0.2, -0.15) is 0 Å². The van der Waals surface area contributed by atoms with Crippen molar-refractivity contribution in [1.29, 1.82) is 0 Å². The average Bonchev–Trinajstić information content (AvgIpc) is 2.28. The van der Waals surface area contributed by atoms with Crippen LogP contribution in [0.5, 0.6) is 0 Å². The number of benzene rings is 1. The van der Waals surface area contributed by atoms with Gasteiger partial charge in [-0.3, -0.25) is 14.9 Å². The number of nitro groups is 1. The van der Waals surface area contributed by atoms with Crippen molar-refractivity contribution >= 4 is 23.3 Å². The van der Waals surface area contributed by atoms with Crippen LogP contribution >= 0.6 is 0 Å². The van der Waals surface area contributed by atoms with Gasteiger partial charge >= 0.3 is 11.9 Å². The van der Waals surface area contributed by atoms with E-state index in [0.29, 0.717) is 5.69 Å². The molecule has 1 aromatic carbocycles. The summed E-state index contributed by atoms with van der Waals surface area (Å²) in [5.41, 5.74) is 0.167. The number of aliphatic carboxylic acids is 2. The van der Waals surface area contributed by atoms with Crippen LogP contribution in [-0.2, 0) is 9.59 Å². The number of carboxylic acid groups (broad SMARTS) is 2. The second-order valence-electron chi connectivity index (χ2n) is 3.44. The van der Waals surface area contributed by atoms with E-state index in [9.17, 15) is 19.7 Å². The van der Waals surface area contributed by atoms with Crippen LogP contribution in [0.1, 0.15) is 6.42 Å². The van der Waals surface area contributed by atoms with Gasteiger partial charge in [-0.15, -0.1) is 0 Å². The molecule has 0 aromatic heterocycles. The normalized spacial score (nSPS) is 11.6. The molecular formula is C10H10N2O6. The molecule has 0 radical (unpaired) electrons. The molecule has 0 aliphatic rings. The van der Waals surface area contributed by atoms with Gasteiger partial charge in [0, 0.05) is 17.8 Å². The summed E-state index contributed by atoms with van der Waals surface area (Å²) >= 11 is 0. The van der Waals surface area contributed by atoms with Crippen molar-refractivity contribution in [2.75, 3.05) is 5.32 Å². The van der Waals surface area contributed by atoms with Gasteiger partial charge in [-0.25, -0.2) is 4.79 Å². The van der Waals surface area contributed by atoms with E-state index < -0.39 is 29.3 Å². The monoisotopic (exact) mass is 254 g/mol. The van der Waals surface area contributed by atoms with Gasteiger partial charge in [0.1, 0.15) is 6.04 Å². The van der Waals surface area contributed by atoms with Gasteiger partial charge in [-0.05, 0) is 12.1 Å². The summed E-state index contributed by atoms with van der Waals surface area (Å²) in [6, 6.07) is 3.74. The first-order valence-electron chi connectivity index (χ1n) is 4.85. The minimum absolute atomic E-state index is 0.134. The van der Waals surface area contributed by atoms with Gasteiger partial charge in [0.05, 0.1) is 11.3 Å². The molecule has 96 valence electrons. The Kier molecular flexibility index (Phi) is 4.19. The topological polar surface area (TPSA) is 130 Å². The standard InChI is InChI=1S/C10H10N2O6/c13-9(14)5-8(10(15)16)11-6-1-3-7(4-2-6)12(17)18/h1-4,8,11H,5H2,(H,13,14)(H,15,16). The molecule has 1 unspecified atom stereocenters. The number of non-ortho nitro benzene ring substituents is 1. The summed E-state index contributed by atoms with van der Waals surface area (Å²) in [6.07, 6.45) is -0.591. The molecule has 0 fully saturated rings. The van der Waals surface area contributed by atoms with Crippen molar-refractivity contribution in [3.8, 4) is 0 Å². The fraction of sp³-hybridized carbons (Fsp3) is 0.200. The number of hydrogen-bond acceptors (Lipinski definition) is 5. The van der Waals surface area contributed by atoms with Crippen LogP contribution in [0, 0.1) is 10.1 Å². The Hall–Kier alpha value is -2.64. The lowest BCUT2D eigenvalue weighted by Gasteiger charge is -2.13. The number of carbonyl (C=O) groups is 2. The van der Waals surface area contributed by atoms with Crippen LogP contribution in [0.4, 0.5) is 11.4 Å². The zero-order valence-corrected chi connectivity index (χ0v) is 9.07. The summed E-state index contributed by atoms with van der Waals surface area (Å²) < 4.78 is 0. The summed E-state index contributed by atoms with van der Waals surface area (Å²) in [4.78, 5) is 31.0. The van der Waals surface area contributed by atoms with Crippen LogP contribution in [0.15, 0.2) is 24.3 Å². The van der Waals surface area contributed by atoms with E-state index >= 15 is 0 Å². The van der Waals surface area contributed by atoms with Crippen LogP contribution in [-0.4, -0.2) is 33.1 Å². The number of nitro benzene ring substituents is 1. The molecule has 0 aliphatic carbocycles. The molecule has 0 heterocycles. The van der Waals surface area contributed by atoms with Gasteiger partial charge in [0.25, 0.3) is 5.69 Å². The first-order chi connectivity index (χ1) is 8.40. The van der Waals surface area contributed by atoms with Crippen molar-refractivity contribution in [2.45, 2.75) is 12.5 Å². The maximum Gasteiger partial charge on any atom is 0.326 e. The average molecular weight is 254 g/mol. The number of anilines is 1. The Morgan fingerprint density at radius 2 is 1.83 bits per heavy atom. The number of nitrogens with one attached hydrogen (secondary N) is 1. The van der Waals surface area contributed by atoms with Crippen LogP contribution < -0.4 is 5.32 Å². The molecule has 8 nitrogen and oxygen atoms in total. The Morgan fingerprint density at radius 1 is 1.28 bits per heavy atom. The molecule has 8 heteroatoms. The van der Waals surface area contributed by atoms with Crippen molar-refractivity contribution < 1.29 is 24.7 Å². The van der Waals surface area contributed by atoms with E-state index in [1.54, 1.807) is 0 Å². The molecule has 0 bridgehead atoms. The maximum atomic E-state index is 10.8. The minimum Gasteiger partial charge on any atom is -0.481 e. The van der Waals surface area contributed by atoms with Crippen molar-refractivity contribution in [3.63, 3.8) is 0 Å². The Morgan fingerprint density at radius 3 is 2.22 bits per heavy atom. The Bertz CT molecular complexity index is 470. The molecular weight excluding hydrogens is 244 g/mol. The summed E-state index contributed by atoms with van der Waals surface area (Å²) in [6.45, 7) is 0. The highest BCUT2D eigenvalue weighted by molar-refractivity contribution is 5.83. The Balaban J connectivity index is 2.78. The summed E-state index contributed by atoms with van der Waals surface area (Å²) in [5, 5.41) is 30.2. The lowest BCUT2D eigenvalue weighted by molar-refractivity contribution is -0.384. The van der Waals surface area contributed by atoms with Crippen LogP contribution in [0.25, 0.3) is 0 Å². The van der Waals surface area contributed by atoms with Gasteiger partial charge in [0.15, 0.2) is 0 Å². The number of nitrogens with zero attached hydrogens (tertiary/aromatic N) is 1. The first-order valence-corrected chi connectivity index (χ1v) is 4.85. The van der Waals surface area contributed by atoms with Gasteiger partial charge < -0.3 is 15.5 Å². The zero-order chi connectivity index (χ0) is 13.7. The zero-order valence-electron chi connectivity index (χ0n) is 9.07.